The Labute approximate surface area is 210 Å². The van der Waals surface area contributed by atoms with Gasteiger partial charge in [0.05, 0.1) is 17.1 Å². The summed E-state index contributed by atoms with van der Waals surface area (Å²) in [5, 5.41) is 3.31. The number of nitrogens with one attached hydrogen (secondary N) is 1. The van der Waals surface area contributed by atoms with Crippen LogP contribution in [0.2, 0.25) is 0 Å². The van der Waals surface area contributed by atoms with Crippen molar-refractivity contribution in [3.8, 4) is 22.6 Å². The van der Waals surface area contributed by atoms with Crippen LogP contribution in [0.25, 0.3) is 28.3 Å². The van der Waals surface area contributed by atoms with Crippen molar-refractivity contribution in [1.29, 1.82) is 0 Å². The molecule has 6 nitrogen and oxygen atoms in total. The van der Waals surface area contributed by atoms with Gasteiger partial charge in [0.25, 0.3) is 0 Å². The van der Waals surface area contributed by atoms with E-state index in [-0.39, 0.29) is 5.82 Å². The maximum absolute atomic E-state index is 13.7. The first kappa shape index (κ1) is 23.6. The molecule has 36 heavy (non-hydrogen) atoms. The molecule has 0 amide bonds. The van der Waals surface area contributed by atoms with Crippen molar-refractivity contribution >= 4 is 17.3 Å². The van der Waals surface area contributed by atoms with Gasteiger partial charge in [0, 0.05) is 30.2 Å². The lowest BCUT2D eigenvalue weighted by Gasteiger charge is -2.11. The van der Waals surface area contributed by atoms with Crippen LogP contribution in [-0.4, -0.2) is 38.3 Å². The van der Waals surface area contributed by atoms with Gasteiger partial charge in [0.1, 0.15) is 11.5 Å². The number of benzene rings is 2. The van der Waals surface area contributed by atoms with Gasteiger partial charge in [0.15, 0.2) is 0 Å². The number of rotatable bonds is 7. The van der Waals surface area contributed by atoms with Gasteiger partial charge in [-0.05, 0) is 85.7 Å². The first-order chi connectivity index (χ1) is 17.4. The first-order valence-corrected chi connectivity index (χ1v) is 12.0. The molecule has 1 N–H and O–H groups in total. The van der Waals surface area contributed by atoms with Gasteiger partial charge in [-0.2, -0.15) is 0 Å². The monoisotopic (exact) mass is 480 g/mol. The molecule has 0 saturated carbocycles. The van der Waals surface area contributed by atoms with Crippen LogP contribution in [0.3, 0.4) is 0 Å². The lowest BCUT2D eigenvalue weighted by molar-refractivity contribution is 0.402. The number of fused-ring (bicyclic) bond motifs is 1. The minimum atomic E-state index is -0.283. The van der Waals surface area contributed by atoms with Crippen LogP contribution in [0.4, 0.5) is 16.0 Å². The lowest BCUT2D eigenvalue weighted by Crippen LogP contribution is -2.10. The van der Waals surface area contributed by atoms with E-state index in [0.717, 1.165) is 46.1 Å². The number of pyridine rings is 1. The van der Waals surface area contributed by atoms with Gasteiger partial charge < -0.3 is 10.2 Å². The normalized spacial score (nSPS) is 11.5. The van der Waals surface area contributed by atoms with Gasteiger partial charge in [-0.15, -0.1) is 0 Å². The van der Waals surface area contributed by atoms with E-state index >= 15 is 0 Å². The number of hydrogen-bond acceptors (Lipinski definition) is 5. The molecule has 0 saturated heterocycles. The molecule has 0 aliphatic carbocycles. The lowest BCUT2D eigenvalue weighted by atomic mass is 10.0. The third-order valence-corrected chi connectivity index (χ3v) is 6.04. The minimum absolute atomic E-state index is 0.283. The van der Waals surface area contributed by atoms with E-state index in [1.54, 1.807) is 18.3 Å². The van der Waals surface area contributed by atoms with Crippen LogP contribution in [0.1, 0.15) is 30.9 Å². The van der Waals surface area contributed by atoms with Crippen LogP contribution in [-0.2, 0) is 6.54 Å². The summed E-state index contributed by atoms with van der Waals surface area (Å²) in [6.07, 6.45) is 3.75. The van der Waals surface area contributed by atoms with E-state index in [0.29, 0.717) is 11.9 Å². The van der Waals surface area contributed by atoms with Crippen LogP contribution in [0.15, 0.2) is 79.1 Å². The summed E-state index contributed by atoms with van der Waals surface area (Å²) in [7, 11) is 4.08. The fraction of sp³-hybridized carbons (Fsp3) is 0.207. The molecular weight excluding hydrogens is 451 g/mol. The molecule has 0 bridgehead atoms. The van der Waals surface area contributed by atoms with E-state index in [2.05, 4.69) is 53.3 Å². The SMILES string of the molecule is CC(C)c1ccc(Nc2nccc(-c3c(-c4ccc(F)cc4)nc4cc(CN(C)C)ccn34)n2)cc1. The standard InChI is InChI=1S/C29H29FN6/c1-19(2)21-7-11-24(12-8-21)32-29-31-15-13-25(33-29)28-27(22-5-9-23(30)10-6-22)34-26-17-20(18-35(3)4)14-16-36(26)28/h5-17,19H,18H2,1-4H3,(H,31,32,33). The summed E-state index contributed by atoms with van der Waals surface area (Å²) in [4.78, 5) is 16.3. The average molecular weight is 481 g/mol. The Kier molecular flexibility index (Phi) is 6.48. The minimum Gasteiger partial charge on any atom is -0.324 e. The summed E-state index contributed by atoms with van der Waals surface area (Å²) >= 11 is 0. The second-order valence-electron chi connectivity index (χ2n) is 9.48. The zero-order valence-electron chi connectivity index (χ0n) is 20.9. The molecular formula is C29H29FN6. The van der Waals surface area contributed by atoms with Gasteiger partial charge in [-0.3, -0.25) is 4.40 Å². The van der Waals surface area contributed by atoms with E-state index < -0.39 is 0 Å². The molecule has 2 aromatic carbocycles. The molecule has 0 atom stereocenters. The van der Waals surface area contributed by atoms with Crippen molar-refractivity contribution in [3.63, 3.8) is 0 Å². The highest BCUT2D eigenvalue weighted by molar-refractivity contribution is 5.81. The second kappa shape index (κ2) is 9.87. The van der Waals surface area contributed by atoms with Crippen molar-refractivity contribution < 1.29 is 4.39 Å². The van der Waals surface area contributed by atoms with E-state index in [9.17, 15) is 4.39 Å². The van der Waals surface area contributed by atoms with Crippen LogP contribution < -0.4 is 5.32 Å². The Hall–Kier alpha value is -4.10. The molecule has 0 aliphatic rings. The largest absolute Gasteiger partial charge is 0.324 e. The highest BCUT2D eigenvalue weighted by Gasteiger charge is 2.18. The van der Waals surface area contributed by atoms with Gasteiger partial charge in [-0.25, -0.2) is 19.3 Å². The Bertz CT molecular complexity index is 1490. The van der Waals surface area contributed by atoms with Crippen LogP contribution >= 0.6 is 0 Å². The molecule has 7 heteroatoms. The quantitative estimate of drug-likeness (QED) is 0.287. The molecule has 3 aromatic heterocycles. The van der Waals surface area contributed by atoms with Crippen molar-refractivity contribution in [3.05, 3.63) is 96.1 Å². The van der Waals surface area contributed by atoms with Crippen molar-refractivity contribution in [2.24, 2.45) is 0 Å². The number of anilines is 2. The predicted octanol–water partition coefficient (Wildman–Crippen LogP) is 6.53. The third-order valence-electron chi connectivity index (χ3n) is 6.04. The summed E-state index contributed by atoms with van der Waals surface area (Å²) in [6, 6.07) is 20.7. The number of imidazole rings is 1. The number of aromatic nitrogens is 4. The average Bonchev–Trinajstić information content (AvgIpc) is 3.23. The highest BCUT2D eigenvalue weighted by Crippen LogP contribution is 2.33. The summed E-state index contributed by atoms with van der Waals surface area (Å²) < 4.78 is 15.7. The molecule has 0 radical (unpaired) electrons. The number of halogens is 1. The molecule has 0 unspecified atom stereocenters. The summed E-state index contributed by atoms with van der Waals surface area (Å²) in [6.45, 7) is 5.15. The zero-order valence-corrected chi connectivity index (χ0v) is 20.9. The van der Waals surface area contributed by atoms with Gasteiger partial charge in [-0.1, -0.05) is 26.0 Å². The molecule has 182 valence electrons. The smallest absolute Gasteiger partial charge is 0.227 e. The molecule has 3 heterocycles. The Balaban J connectivity index is 1.58. The Morgan fingerprint density at radius 3 is 2.39 bits per heavy atom. The molecule has 0 aliphatic heterocycles. The van der Waals surface area contributed by atoms with E-state index in [1.807, 2.05) is 42.9 Å². The second-order valence-corrected chi connectivity index (χ2v) is 9.48. The van der Waals surface area contributed by atoms with Gasteiger partial charge >= 0.3 is 0 Å². The fourth-order valence-electron chi connectivity index (χ4n) is 4.24. The fourth-order valence-corrected chi connectivity index (χ4v) is 4.24. The summed E-state index contributed by atoms with van der Waals surface area (Å²) in [5.41, 5.74) is 7.27. The maximum Gasteiger partial charge on any atom is 0.227 e. The van der Waals surface area contributed by atoms with Gasteiger partial charge in [0.2, 0.25) is 5.95 Å². The molecule has 5 rings (SSSR count). The molecule has 5 aromatic rings. The van der Waals surface area contributed by atoms with E-state index in [1.165, 1.54) is 17.7 Å². The van der Waals surface area contributed by atoms with Crippen molar-refractivity contribution in [1.82, 2.24) is 24.3 Å². The number of hydrogen-bond donors (Lipinski definition) is 1. The Morgan fingerprint density at radius 1 is 0.944 bits per heavy atom. The van der Waals surface area contributed by atoms with Crippen LogP contribution in [0, 0.1) is 5.82 Å². The molecule has 0 fully saturated rings. The maximum atomic E-state index is 13.7. The van der Waals surface area contributed by atoms with Crippen molar-refractivity contribution in [2.75, 3.05) is 19.4 Å². The highest BCUT2D eigenvalue weighted by atomic mass is 19.1. The number of nitrogens with zero attached hydrogens (tertiary/aromatic N) is 5. The zero-order chi connectivity index (χ0) is 25.2. The first-order valence-electron chi connectivity index (χ1n) is 12.0. The third kappa shape index (κ3) is 4.97. The Morgan fingerprint density at radius 2 is 1.69 bits per heavy atom. The molecule has 0 spiro atoms. The topological polar surface area (TPSA) is 58.4 Å². The van der Waals surface area contributed by atoms with Crippen LogP contribution in [0.5, 0.6) is 0 Å². The predicted molar refractivity (Wildman–Crippen MR) is 143 cm³/mol. The van der Waals surface area contributed by atoms with Crippen molar-refractivity contribution in [2.45, 2.75) is 26.3 Å². The summed E-state index contributed by atoms with van der Waals surface area (Å²) in [5.74, 6) is 0.681. The van der Waals surface area contributed by atoms with E-state index in [4.69, 9.17) is 9.97 Å².